The summed E-state index contributed by atoms with van der Waals surface area (Å²) in [6.45, 7) is 0. The minimum atomic E-state index is -1.55. The van der Waals surface area contributed by atoms with Crippen molar-refractivity contribution >= 4 is 12.6 Å². The van der Waals surface area contributed by atoms with Gasteiger partial charge < -0.3 is 4.74 Å². The van der Waals surface area contributed by atoms with Gasteiger partial charge in [-0.1, -0.05) is 12.1 Å². The lowest BCUT2D eigenvalue weighted by Crippen LogP contribution is -1.99. The quantitative estimate of drug-likeness (QED) is 0.510. The van der Waals surface area contributed by atoms with Gasteiger partial charge in [0.2, 0.25) is 0 Å². The van der Waals surface area contributed by atoms with Gasteiger partial charge in [-0.3, -0.25) is 0 Å². The molecule has 0 amide bonds. The molecule has 3 heteroatoms. The number of halogens is 1. The highest BCUT2D eigenvalue weighted by Gasteiger charge is 1.97. The molecule has 0 heterocycles. The van der Waals surface area contributed by atoms with Gasteiger partial charge in [-0.2, -0.15) is 4.39 Å². The molecule has 1 atom stereocenters. The lowest BCUT2D eigenvalue weighted by atomic mass is 10.3. The standard InChI is InChI=1S/C7H6FOS/c8-7(10)9-6-4-2-1-3-5-6/h2-5,7,10H. The number of ether oxygens (including phenoxy) is 1. The van der Waals surface area contributed by atoms with Gasteiger partial charge in [0.05, 0.1) is 0 Å². The molecule has 53 valence electrons. The third kappa shape index (κ3) is 2.27. The van der Waals surface area contributed by atoms with E-state index >= 15 is 0 Å². The number of thiol groups is 1. The molecule has 0 aromatic heterocycles. The van der Waals surface area contributed by atoms with Gasteiger partial charge in [0.1, 0.15) is 5.75 Å². The fraction of sp³-hybridized carbons (Fsp3) is 0.143. The van der Waals surface area contributed by atoms with Gasteiger partial charge in [0.25, 0.3) is 5.69 Å². The molecule has 1 unspecified atom stereocenters. The summed E-state index contributed by atoms with van der Waals surface area (Å²) in [5, 5.41) is 0. The van der Waals surface area contributed by atoms with Gasteiger partial charge in [-0.05, 0) is 18.2 Å². The number of rotatable bonds is 2. The third-order valence-electron chi connectivity index (χ3n) is 0.921. The van der Waals surface area contributed by atoms with Crippen LogP contribution in [0.2, 0.25) is 0 Å². The monoisotopic (exact) mass is 157 g/mol. The van der Waals surface area contributed by atoms with Crippen molar-refractivity contribution in [3.63, 3.8) is 0 Å². The molecule has 10 heavy (non-hydrogen) atoms. The first-order chi connectivity index (χ1) is 4.79. The Balaban J connectivity index is 2.59. The van der Waals surface area contributed by atoms with Gasteiger partial charge in [-0.25, -0.2) is 0 Å². The van der Waals surface area contributed by atoms with E-state index in [1.807, 2.05) is 0 Å². The van der Waals surface area contributed by atoms with Crippen LogP contribution in [0, 0.1) is 6.07 Å². The zero-order valence-corrected chi connectivity index (χ0v) is 6.01. The highest BCUT2D eigenvalue weighted by Crippen LogP contribution is 2.12. The smallest absolute Gasteiger partial charge is 0.283 e. The predicted molar refractivity (Wildman–Crippen MR) is 39.8 cm³/mol. The first-order valence-corrected chi connectivity index (χ1v) is 3.25. The Labute approximate surface area is 64.2 Å². The van der Waals surface area contributed by atoms with E-state index in [4.69, 9.17) is 0 Å². The van der Waals surface area contributed by atoms with Crippen LogP contribution in [0.5, 0.6) is 5.75 Å². The molecule has 1 aromatic carbocycles. The van der Waals surface area contributed by atoms with E-state index in [2.05, 4.69) is 23.4 Å². The molecule has 1 radical (unpaired) electrons. The maximum atomic E-state index is 12.0. The van der Waals surface area contributed by atoms with Crippen molar-refractivity contribution in [1.82, 2.24) is 0 Å². The van der Waals surface area contributed by atoms with Crippen LogP contribution in [0.4, 0.5) is 4.39 Å². The molecule has 0 N–H and O–H groups in total. The molecule has 1 aromatic rings. The second-order valence-electron chi connectivity index (χ2n) is 1.65. The maximum absolute atomic E-state index is 12.0. The molecular formula is C7H6FOS. The molecule has 0 saturated heterocycles. The number of hydrogen-bond acceptors (Lipinski definition) is 2. The highest BCUT2D eigenvalue weighted by atomic mass is 32.1. The minimum absolute atomic E-state index is 0.459. The SMILES string of the molecule is FC(S)Oc1cc[c]cc1. The van der Waals surface area contributed by atoms with Crippen molar-refractivity contribution in [2.24, 2.45) is 0 Å². The fourth-order valence-corrected chi connectivity index (χ4v) is 0.684. The van der Waals surface area contributed by atoms with E-state index in [9.17, 15) is 4.39 Å². The summed E-state index contributed by atoms with van der Waals surface area (Å²) in [6.07, 6.45) is 0. The Morgan fingerprint density at radius 3 is 2.60 bits per heavy atom. The first kappa shape index (κ1) is 7.41. The topological polar surface area (TPSA) is 9.23 Å². The fourth-order valence-electron chi connectivity index (χ4n) is 0.562. The van der Waals surface area contributed by atoms with Gasteiger partial charge in [0, 0.05) is 0 Å². The molecule has 1 nitrogen and oxygen atoms in total. The van der Waals surface area contributed by atoms with E-state index < -0.39 is 5.69 Å². The largest absolute Gasteiger partial charge is 0.451 e. The van der Waals surface area contributed by atoms with Crippen LogP contribution in [0.1, 0.15) is 0 Å². The van der Waals surface area contributed by atoms with Gasteiger partial charge >= 0.3 is 0 Å². The Morgan fingerprint density at radius 1 is 1.50 bits per heavy atom. The van der Waals surface area contributed by atoms with Crippen LogP contribution in [0.25, 0.3) is 0 Å². The summed E-state index contributed by atoms with van der Waals surface area (Å²) < 4.78 is 16.6. The van der Waals surface area contributed by atoms with E-state index in [0.29, 0.717) is 5.75 Å². The lowest BCUT2D eigenvalue weighted by Gasteiger charge is -2.03. The summed E-state index contributed by atoms with van der Waals surface area (Å²) >= 11 is 3.41. The maximum Gasteiger partial charge on any atom is 0.283 e. The van der Waals surface area contributed by atoms with Gasteiger partial charge in [0.15, 0.2) is 0 Å². The average Bonchev–Trinajstić information content (AvgIpc) is 1.88. The highest BCUT2D eigenvalue weighted by molar-refractivity contribution is 7.80. The molecule has 1 rings (SSSR count). The third-order valence-corrected chi connectivity index (χ3v) is 1.03. The summed E-state index contributed by atoms with van der Waals surface area (Å²) in [4.78, 5) is 0. The van der Waals surface area contributed by atoms with Gasteiger partial charge in [-0.15, -0.1) is 12.6 Å². The average molecular weight is 157 g/mol. The second kappa shape index (κ2) is 3.46. The zero-order chi connectivity index (χ0) is 7.40. The van der Waals surface area contributed by atoms with E-state index in [1.165, 1.54) is 0 Å². The van der Waals surface area contributed by atoms with Crippen LogP contribution in [-0.2, 0) is 0 Å². The molecule has 0 aliphatic carbocycles. The predicted octanol–water partition coefficient (Wildman–Crippen LogP) is 2.05. The van der Waals surface area contributed by atoms with Crippen LogP contribution in [-0.4, -0.2) is 5.69 Å². The van der Waals surface area contributed by atoms with E-state index in [0.717, 1.165) is 0 Å². The summed E-state index contributed by atoms with van der Waals surface area (Å²) in [7, 11) is 0. The van der Waals surface area contributed by atoms with Crippen LogP contribution in [0.3, 0.4) is 0 Å². The normalized spacial score (nSPS) is 12.6. The number of hydrogen-bond donors (Lipinski definition) is 1. The molecule has 0 spiro atoms. The lowest BCUT2D eigenvalue weighted by molar-refractivity contribution is 0.156. The summed E-state index contributed by atoms with van der Waals surface area (Å²) in [6, 6.07) is 9.30. The van der Waals surface area contributed by atoms with Crippen molar-refractivity contribution in [3.8, 4) is 5.75 Å². The Kier molecular flexibility index (Phi) is 2.57. The van der Waals surface area contributed by atoms with Crippen molar-refractivity contribution in [1.29, 1.82) is 0 Å². The molecular weight excluding hydrogens is 151 g/mol. The van der Waals surface area contributed by atoms with Crippen LogP contribution < -0.4 is 4.74 Å². The molecule has 0 saturated carbocycles. The summed E-state index contributed by atoms with van der Waals surface area (Å²) in [5.41, 5.74) is -1.55. The Morgan fingerprint density at radius 2 is 2.10 bits per heavy atom. The van der Waals surface area contributed by atoms with E-state index in [-0.39, 0.29) is 0 Å². The van der Waals surface area contributed by atoms with E-state index in [1.54, 1.807) is 24.3 Å². The van der Waals surface area contributed by atoms with Crippen molar-refractivity contribution in [3.05, 3.63) is 30.3 Å². The van der Waals surface area contributed by atoms with Crippen molar-refractivity contribution in [2.45, 2.75) is 5.69 Å². The van der Waals surface area contributed by atoms with Crippen molar-refractivity contribution in [2.75, 3.05) is 0 Å². The van der Waals surface area contributed by atoms with Crippen molar-refractivity contribution < 1.29 is 9.13 Å². The van der Waals surface area contributed by atoms with Crippen LogP contribution in [0.15, 0.2) is 24.3 Å². The first-order valence-electron chi connectivity index (χ1n) is 2.74. The Hall–Kier alpha value is -0.700. The molecule has 0 aliphatic heterocycles. The Bertz CT molecular complexity index is 188. The molecule has 0 bridgehead atoms. The minimum Gasteiger partial charge on any atom is -0.451 e. The zero-order valence-electron chi connectivity index (χ0n) is 5.12. The second-order valence-corrected chi connectivity index (χ2v) is 2.05. The van der Waals surface area contributed by atoms with Crippen LogP contribution >= 0.6 is 12.6 Å². The number of benzene rings is 1. The molecule has 0 fully saturated rings. The summed E-state index contributed by atoms with van der Waals surface area (Å²) in [5.74, 6) is 0.459. The molecule has 0 aliphatic rings. The number of alkyl halides is 1.